The Morgan fingerprint density at radius 3 is 3.20 bits per heavy atom. The molecule has 0 radical (unpaired) electrons. The highest BCUT2D eigenvalue weighted by Crippen LogP contribution is 2.22. The molecule has 80 valence electrons. The minimum atomic E-state index is -0.0851. The first-order valence-electron chi connectivity index (χ1n) is 5.09. The Hall–Kier alpha value is -1.41. The van der Waals surface area contributed by atoms with Gasteiger partial charge < -0.3 is 9.26 Å². The van der Waals surface area contributed by atoms with Crippen LogP contribution in [-0.4, -0.2) is 23.4 Å². The SMILES string of the molecule is CC(C#N)Cc1nc(C2CCOC2)no1. The molecule has 5 nitrogen and oxygen atoms in total. The zero-order chi connectivity index (χ0) is 10.7. The van der Waals surface area contributed by atoms with Crippen LogP contribution in [-0.2, 0) is 11.2 Å². The molecule has 0 bridgehead atoms. The van der Waals surface area contributed by atoms with E-state index in [1.807, 2.05) is 6.92 Å². The number of nitriles is 1. The lowest BCUT2D eigenvalue weighted by Gasteiger charge is -1.97. The van der Waals surface area contributed by atoms with Crippen LogP contribution < -0.4 is 0 Å². The first-order chi connectivity index (χ1) is 7.29. The quantitative estimate of drug-likeness (QED) is 0.746. The zero-order valence-corrected chi connectivity index (χ0v) is 8.64. The lowest BCUT2D eigenvalue weighted by molar-refractivity contribution is 0.192. The second kappa shape index (κ2) is 4.41. The largest absolute Gasteiger partial charge is 0.381 e. The molecule has 0 aliphatic carbocycles. The van der Waals surface area contributed by atoms with Gasteiger partial charge in [-0.25, -0.2) is 0 Å². The van der Waals surface area contributed by atoms with Crippen LogP contribution in [0.1, 0.15) is 31.0 Å². The Bertz CT molecular complexity index is 363. The number of aromatic nitrogens is 2. The normalized spacial score (nSPS) is 22.5. The van der Waals surface area contributed by atoms with E-state index in [-0.39, 0.29) is 11.8 Å². The highest BCUT2D eigenvalue weighted by atomic mass is 16.5. The molecule has 2 heterocycles. The van der Waals surface area contributed by atoms with Crippen molar-refractivity contribution >= 4 is 0 Å². The van der Waals surface area contributed by atoms with Crippen molar-refractivity contribution in [1.82, 2.24) is 10.1 Å². The minimum absolute atomic E-state index is 0.0851. The van der Waals surface area contributed by atoms with Gasteiger partial charge in [0, 0.05) is 18.9 Å². The number of rotatable bonds is 3. The van der Waals surface area contributed by atoms with Crippen molar-refractivity contribution in [3.05, 3.63) is 11.7 Å². The Morgan fingerprint density at radius 2 is 2.53 bits per heavy atom. The minimum Gasteiger partial charge on any atom is -0.381 e. The van der Waals surface area contributed by atoms with Crippen LogP contribution >= 0.6 is 0 Å². The van der Waals surface area contributed by atoms with Crippen LogP contribution in [0.4, 0.5) is 0 Å². The Balaban J connectivity index is 2.00. The van der Waals surface area contributed by atoms with E-state index < -0.39 is 0 Å². The number of ether oxygens (including phenoxy) is 1. The summed E-state index contributed by atoms with van der Waals surface area (Å²) in [5.74, 6) is 1.44. The highest BCUT2D eigenvalue weighted by molar-refractivity contribution is 4.99. The van der Waals surface area contributed by atoms with Gasteiger partial charge in [-0.2, -0.15) is 10.2 Å². The molecule has 0 amide bonds. The molecular formula is C10H13N3O2. The van der Waals surface area contributed by atoms with Crippen molar-refractivity contribution in [2.24, 2.45) is 5.92 Å². The predicted octanol–water partition coefficient (Wildman–Crippen LogP) is 1.28. The Labute approximate surface area is 88.0 Å². The molecule has 1 saturated heterocycles. The molecule has 0 spiro atoms. The average Bonchev–Trinajstić information content (AvgIpc) is 2.85. The van der Waals surface area contributed by atoms with E-state index in [1.54, 1.807) is 0 Å². The molecule has 2 unspecified atom stereocenters. The monoisotopic (exact) mass is 207 g/mol. The topological polar surface area (TPSA) is 71.9 Å². The van der Waals surface area contributed by atoms with Gasteiger partial charge in [-0.3, -0.25) is 0 Å². The van der Waals surface area contributed by atoms with Crippen LogP contribution in [0.25, 0.3) is 0 Å². The molecule has 1 aromatic rings. The van der Waals surface area contributed by atoms with Gasteiger partial charge in [-0.1, -0.05) is 5.16 Å². The van der Waals surface area contributed by atoms with Gasteiger partial charge in [0.1, 0.15) is 0 Å². The number of hydrogen-bond donors (Lipinski definition) is 0. The van der Waals surface area contributed by atoms with Crippen molar-refractivity contribution in [3.8, 4) is 6.07 Å². The second-order valence-electron chi connectivity index (χ2n) is 3.84. The van der Waals surface area contributed by atoms with E-state index in [1.165, 1.54) is 0 Å². The fourth-order valence-corrected chi connectivity index (χ4v) is 1.56. The lowest BCUT2D eigenvalue weighted by atomic mass is 10.1. The van der Waals surface area contributed by atoms with Crippen LogP contribution in [0.2, 0.25) is 0 Å². The Morgan fingerprint density at radius 1 is 1.67 bits per heavy atom. The molecular weight excluding hydrogens is 194 g/mol. The third-order valence-corrected chi connectivity index (χ3v) is 2.48. The molecule has 5 heteroatoms. The summed E-state index contributed by atoms with van der Waals surface area (Å²) in [6.07, 6.45) is 1.48. The van der Waals surface area contributed by atoms with Crippen LogP contribution in [0, 0.1) is 17.2 Å². The van der Waals surface area contributed by atoms with Crippen molar-refractivity contribution in [1.29, 1.82) is 5.26 Å². The molecule has 1 fully saturated rings. The summed E-state index contributed by atoms with van der Waals surface area (Å²) >= 11 is 0. The zero-order valence-electron chi connectivity index (χ0n) is 8.64. The van der Waals surface area contributed by atoms with E-state index >= 15 is 0 Å². The molecule has 2 atom stereocenters. The standard InChI is InChI=1S/C10H13N3O2/c1-7(5-11)4-9-12-10(13-15-9)8-2-3-14-6-8/h7-8H,2-4,6H2,1H3. The van der Waals surface area contributed by atoms with E-state index in [9.17, 15) is 0 Å². The molecule has 2 rings (SSSR count). The van der Waals surface area contributed by atoms with Crippen molar-refractivity contribution in [2.45, 2.75) is 25.7 Å². The summed E-state index contributed by atoms with van der Waals surface area (Å²) in [5.41, 5.74) is 0. The predicted molar refractivity (Wildman–Crippen MR) is 51.0 cm³/mol. The van der Waals surface area contributed by atoms with Crippen molar-refractivity contribution < 1.29 is 9.26 Å². The maximum atomic E-state index is 8.65. The Kier molecular flexibility index (Phi) is 2.97. The number of hydrogen-bond acceptors (Lipinski definition) is 5. The highest BCUT2D eigenvalue weighted by Gasteiger charge is 2.23. The van der Waals surface area contributed by atoms with Gasteiger partial charge in [0.05, 0.1) is 18.6 Å². The molecule has 0 aromatic carbocycles. The fourth-order valence-electron chi connectivity index (χ4n) is 1.56. The third kappa shape index (κ3) is 2.34. The van der Waals surface area contributed by atoms with Crippen LogP contribution in [0.15, 0.2) is 4.52 Å². The van der Waals surface area contributed by atoms with E-state index in [2.05, 4.69) is 16.2 Å². The number of nitrogens with zero attached hydrogens (tertiary/aromatic N) is 3. The maximum absolute atomic E-state index is 8.65. The third-order valence-electron chi connectivity index (χ3n) is 2.48. The van der Waals surface area contributed by atoms with Crippen LogP contribution in [0.3, 0.4) is 0 Å². The molecule has 0 saturated carbocycles. The van der Waals surface area contributed by atoms with Gasteiger partial charge in [0.25, 0.3) is 0 Å². The van der Waals surface area contributed by atoms with Gasteiger partial charge in [0.2, 0.25) is 5.89 Å². The summed E-state index contributed by atoms with van der Waals surface area (Å²) in [4.78, 5) is 4.27. The lowest BCUT2D eigenvalue weighted by Crippen LogP contribution is -2.01. The van der Waals surface area contributed by atoms with Gasteiger partial charge in [-0.15, -0.1) is 0 Å². The van der Waals surface area contributed by atoms with E-state index in [0.29, 0.717) is 24.7 Å². The smallest absolute Gasteiger partial charge is 0.227 e. The molecule has 1 aliphatic heterocycles. The average molecular weight is 207 g/mol. The van der Waals surface area contributed by atoms with Gasteiger partial charge in [-0.05, 0) is 13.3 Å². The maximum Gasteiger partial charge on any atom is 0.227 e. The van der Waals surface area contributed by atoms with Gasteiger partial charge >= 0.3 is 0 Å². The van der Waals surface area contributed by atoms with Crippen molar-refractivity contribution in [3.63, 3.8) is 0 Å². The summed E-state index contributed by atoms with van der Waals surface area (Å²) in [7, 11) is 0. The fraction of sp³-hybridized carbons (Fsp3) is 0.700. The summed E-state index contributed by atoms with van der Waals surface area (Å²) in [6.45, 7) is 3.28. The summed E-state index contributed by atoms with van der Waals surface area (Å²) in [5, 5.41) is 12.6. The van der Waals surface area contributed by atoms with Gasteiger partial charge in [0.15, 0.2) is 5.82 Å². The van der Waals surface area contributed by atoms with Crippen molar-refractivity contribution in [2.75, 3.05) is 13.2 Å². The molecule has 1 aromatic heterocycles. The molecule has 0 N–H and O–H groups in total. The molecule has 15 heavy (non-hydrogen) atoms. The summed E-state index contributed by atoms with van der Waals surface area (Å²) in [6, 6.07) is 2.14. The van der Waals surface area contributed by atoms with Crippen LogP contribution in [0.5, 0.6) is 0 Å². The van der Waals surface area contributed by atoms with E-state index in [0.717, 1.165) is 13.0 Å². The summed E-state index contributed by atoms with van der Waals surface area (Å²) < 4.78 is 10.3. The molecule has 1 aliphatic rings. The first-order valence-corrected chi connectivity index (χ1v) is 5.09. The van der Waals surface area contributed by atoms with E-state index in [4.69, 9.17) is 14.5 Å². The first kappa shape index (κ1) is 10.1. The second-order valence-corrected chi connectivity index (χ2v) is 3.84.